The van der Waals surface area contributed by atoms with Crippen molar-refractivity contribution in [3.8, 4) is 0 Å². The fourth-order valence-electron chi connectivity index (χ4n) is 3.92. The second-order valence-electron chi connectivity index (χ2n) is 7.34. The van der Waals surface area contributed by atoms with Gasteiger partial charge >= 0.3 is 0 Å². The van der Waals surface area contributed by atoms with Gasteiger partial charge in [0.1, 0.15) is 5.70 Å². The van der Waals surface area contributed by atoms with Crippen LogP contribution in [0.3, 0.4) is 0 Å². The normalized spacial score (nSPS) is 20.9. The lowest BCUT2D eigenvalue weighted by molar-refractivity contribution is -0.384. The summed E-state index contributed by atoms with van der Waals surface area (Å²) in [6.45, 7) is 5.71. The number of benzene rings is 1. The summed E-state index contributed by atoms with van der Waals surface area (Å²) in [6.07, 6.45) is 0. The molecule has 0 bridgehead atoms. The van der Waals surface area contributed by atoms with Gasteiger partial charge in [0, 0.05) is 51.4 Å². The van der Waals surface area contributed by atoms with Crippen molar-refractivity contribution >= 4 is 23.1 Å². The minimum absolute atomic E-state index is 0.0618. The van der Waals surface area contributed by atoms with Gasteiger partial charge < -0.3 is 14.4 Å². The number of nitro benzene ring substituents is 1. The summed E-state index contributed by atoms with van der Waals surface area (Å²) >= 11 is 0. The molecule has 4 rings (SSSR count). The van der Waals surface area contributed by atoms with Crippen LogP contribution in [0.25, 0.3) is 5.57 Å². The average Bonchev–Trinajstić information content (AvgIpc) is 3.03. The zero-order valence-electron chi connectivity index (χ0n) is 16.6. The van der Waals surface area contributed by atoms with E-state index in [1.807, 2.05) is 4.90 Å². The Morgan fingerprint density at radius 1 is 0.867 bits per heavy atom. The topological polar surface area (TPSA) is 105 Å². The number of rotatable bonds is 6. The van der Waals surface area contributed by atoms with Gasteiger partial charge in [-0.2, -0.15) is 0 Å². The molecular formula is C20H24N4O6. The third-order valence-corrected chi connectivity index (χ3v) is 5.58. The standard InChI is InChI=1S/C20H24N4O6/c25-19-17(15-1-3-16(4-2-15)24(27)28)18(22-9-13-30-14-10-22)20(26)23(19)6-5-21-7-11-29-12-8-21/h1-4H,5-14H2. The molecule has 2 saturated heterocycles. The molecule has 1 aromatic rings. The van der Waals surface area contributed by atoms with Gasteiger partial charge in [0.05, 0.1) is 36.9 Å². The predicted octanol–water partition coefficient (Wildman–Crippen LogP) is 0.339. The second kappa shape index (κ2) is 8.90. The third-order valence-electron chi connectivity index (χ3n) is 5.58. The molecule has 10 nitrogen and oxygen atoms in total. The van der Waals surface area contributed by atoms with Crippen LogP contribution in [-0.4, -0.2) is 97.1 Å². The van der Waals surface area contributed by atoms with Crippen LogP contribution in [0, 0.1) is 10.1 Å². The van der Waals surface area contributed by atoms with E-state index in [0.717, 1.165) is 13.1 Å². The Labute approximate surface area is 173 Å². The minimum Gasteiger partial charge on any atom is -0.379 e. The molecule has 30 heavy (non-hydrogen) atoms. The Balaban J connectivity index is 1.61. The van der Waals surface area contributed by atoms with E-state index < -0.39 is 4.92 Å². The Bertz CT molecular complexity index is 857. The fraction of sp³-hybridized carbons (Fsp3) is 0.500. The number of imide groups is 1. The number of nitrogens with zero attached hydrogens (tertiary/aromatic N) is 4. The molecule has 1 aromatic carbocycles. The van der Waals surface area contributed by atoms with Gasteiger partial charge in [-0.05, 0) is 17.7 Å². The first-order chi connectivity index (χ1) is 14.6. The van der Waals surface area contributed by atoms with E-state index in [0.29, 0.717) is 69.4 Å². The summed E-state index contributed by atoms with van der Waals surface area (Å²) in [5.74, 6) is -0.674. The maximum atomic E-state index is 13.3. The van der Waals surface area contributed by atoms with Crippen LogP contribution in [0.5, 0.6) is 0 Å². The Hall–Kier alpha value is -2.82. The van der Waals surface area contributed by atoms with E-state index in [2.05, 4.69) is 4.90 Å². The summed E-state index contributed by atoms with van der Waals surface area (Å²) in [6, 6.07) is 5.77. The molecule has 0 radical (unpaired) electrons. The van der Waals surface area contributed by atoms with Crippen molar-refractivity contribution in [2.45, 2.75) is 0 Å². The van der Waals surface area contributed by atoms with E-state index in [-0.39, 0.29) is 17.5 Å². The molecule has 0 saturated carbocycles. The summed E-state index contributed by atoms with van der Waals surface area (Å²) in [5.41, 5.74) is 1.11. The van der Waals surface area contributed by atoms with Crippen molar-refractivity contribution in [3.05, 3.63) is 45.6 Å². The quantitative estimate of drug-likeness (QED) is 0.371. The fourth-order valence-corrected chi connectivity index (χ4v) is 3.92. The molecule has 0 N–H and O–H groups in total. The maximum Gasteiger partial charge on any atom is 0.277 e. The van der Waals surface area contributed by atoms with E-state index >= 15 is 0 Å². The molecular weight excluding hydrogens is 392 g/mol. The van der Waals surface area contributed by atoms with Crippen molar-refractivity contribution in [1.29, 1.82) is 0 Å². The average molecular weight is 416 g/mol. The van der Waals surface area contributed by atoms with Crippen molar-refractivity contribution in [3.63, 3.8) is 0 Å². The van der Waals surface area contributed by atoms with Crippen LogP contribution in [-0.2, 0) is 19.1 Å². The van der Waals surface area contributed by atoms with E-state index in [1.165, 1.54) is 29.2 Å². The van der Waals surface area contributed by atoms with Gasteiger partial charge in [0.25, 0.3) is 17.5 Å². The van der Waals surface area contributed by atoms with Crippen molar-refractivity contribution in [2.75, 3.05) is 65.7 Å². The summed E-state index contributed by atoms with van der Waals surface area (Å²) in [7, 11) is 0. The maximum absolute atomic E-state index is 13.3. The van der Waals surface area contributed by atoms with Crippen molar-refractivity contribution < 1.29 is 24.0 Å². The molecule has 10 heteroatoms. The van der Waals surface area contributed by atoms with Gasteiger partial charge in [-0.25, -0.2) is 0 Å². The number of hydrogen-bond donors (Lipinski definition) is 0. The van der Waals surface area contributed by atoms with Gasteiger partial charge in [-0.3, -0.25) is 29.5 Å². The molecule has 0 spiro atoms. The van der Waals surface area contributed by atoms with E-state index in [4.69, 9.17) is 9.47 Å². The minimum atomic E-state index is -0.489. The summed E-state index contributed by atoms with van der Waals surface area (Å²) in [5, 5.41) is 11.0. The number of nitro groups is 1. The number of carbonyl (C=O) groups is 2. The van der Waals surface area contributed by atoms with Crippen LogP contribution in [0.15, 0.2) is 30.0 Å². The lowest BCUT2D eigenvalue weighted by Crippen LogP contribution is -2.44. The largest absolute Gasteiger partial charge is 0.379 e. The number of carbonyl (C=O) groups excluding carboxylic acids is 2. The lowest BCUT2D eigenvalue weighted by Gasteiger charge is -2.30. The van der Waals surface area contributed by atoms with E-state index in [9.17, 15) is 19.7 Å². The highest BCUT2D eigenvalue weighted by Crippen LogP contribution is 2.32. The zero-order valence-corrected chi connectivity index (χ0v) is 16.6. The van der Waals surface area contributed by atoms with E-state index in [1.54, 1.807) is 0 Å². The van der Waals surface area contributed by atoms with Crippen LogP contribution in [0.1, 0.15) is 5.56 Å². The van der Waals surface area contributed by atoms with Crippen LogP contribution in [0.2, 0.25) is 0 Å². The molecule has 0 aromatic heterocycles. The number of non-ortho nitro benzene ring substituents is 1. The number of ether oxygens (including phenoxy) is 2. The highest BCUT2D eigenvalue weighted by Gasteiger charge is 2.41. The lowest BCUT2D eigenvalue weighted by atomic mass is 10.0. The summed E-state index contributed by atoms with van der Waals surface area (Å²) < 4.78 is 10.7. The molecule has 0 unspecified atom stereocenters. The van der Waals surface area contributed by atoms with Crippen molar-refractivity contribution in [2.24, 2.45) is 0 Å². The Kier molecular flexibility index (Phi) is 6.07. The molecule has 3 heterocycles. The zero-order chi connectivity index (χ0) is 21.1. The molecule has 2 amide bonds. The molecule has 0 aliphatic carbocycles. The Morgan fingerprint density at radius 2 is 1.47 bits per heavy atom. The first-order valence-electron chi connectivity index (χ1n) is 10.0. The first kappa shape index (κ1) is 20.5. The molecule has 160 valence electrons. The molecule has 3 aliphatic heterocycles. The van der Waals surface area contributed by atoms with Gasteiger partial charge in [-0.1, -0.05) is 0 Å². The van der Waals surface area contributed by atoms with Gasteiger partial charge in [0.2, 0.25) is 0 Å². The number of amides is 2. The highest BCUT2D eigenvalue weighted by molar-refractivity contribution is 6.35. The van der Waals surface area contributed by atoms with Gasteiger partial charge in [0.15, 0.2) is 0 Å². The number of hydrogen-bond acceptors (Lipinski definition) is 8. The second-order valence-corrected chi connectivity index (χ2v) is 7.34. The van der Waals surface area contributed by atoms with Crippen LogP contribution < -0.4 is 0 Å². The predicted molar refractivity (Wildman–Crippen MR) is 106 cm³/mol. The van der Waals surface area contributed by atoms with Crippen LogP contribution >= 0.6 is 0 Å². The SMILES string of the molecule is O=C1C(c2ccc([N+](=O)[O-])cc2)=C(N2CCOCC2)C(=O)N1CCN1CCOCC1. The van der Waals surface area contributed by atoms with Crippen LogP contribution in [0.4, 0.5) is 5.69 Å². The smallest absolute Gasteiger partial charge is 0.277 e. The molecule has 2 fully saturated rings. The van der Waals surface area contributed by atoms with Gasteiger partial charge in [-0.15, -0.1) is 0 Å². The first-order valence-corrected chi connectivity index (χ1v) is 10.0. The molecule has 3 aliphatic rings. The highest BCUT2D eigenvalue weighted by atomic mass is 16.6. The monoisotopic (exact) mass is 416 g/mol. The summed E-state index contributed by atoms with van der Waals surface area (Å²) in [4.78, 5) is 42.4. The Morgan fingerprint density at radius 3 is 2.07 bits per heavy atom. The van der Waals surface area contributed by atoms with Crippen molar-refractivity contribution in [1.82, 2.24) is 14.7 Å². The molecule has 0 atom stereocenters. The number of morpholine rings is 2. The third kappa shape index (κ3) is 4.07.